The van der Waals surface area contributed by atoms with Crippen LogP contribution in [0.15, 0.2) is 93.2 Å². The molecular formula is C30H30N4O3S. The van der Waals surface area contributed by atoms with Crippen LogP contribution in [0, 0.1) is 11.3 Å². The highest BCUT2D eigenvalue weighted by Gasteiger charge is 2.36. The summed E-state index contributed by atoms with van der Waals surface area (Å²) in [6.45, 7) is 5.93. The first-order valence-corrected chi connectivity index (χ1v) is 13.5. The van der Waals surface area contributed by atoms with Crippen LogP contribution in [0.2, 0.25) is 0 Å². The normalized spacial score (nSPS) is 15.1. The van der Waals surface area contributed by atoms with E-state index in [0.29, 0.717) is 39.0 Å². The number of dihydropyridines is 1. The van der Waals surface area contributed by atoms with Gasteiger partial charge in [0.25, 0.3) is 5.91 Å². The van der Waals surface area contributed by atoms with E-state index in [1.54, 1.807) is 19.1 Å². The predicted octanol–water partition coefficient (Wildman–Crippen LogP) is 6.11. The van der Waals surface area contributed by atoms with Crippen LogP contribution in [0.4, 0.5) is 11.4 Å². The minimum Gasteiger partial charge on any atom is -0.468 e. The Balaban J connectivity index is 1.54. The second-order valence-corrected chi connectivity index (χ2v) is 9.84. The molecule has 8 heteroatoms. The number of amides is 2. The Morgan fingerprint density at radius 2 is 1.58 bits per heavy atom. The number of allylic oxidation sites excluding steroid dienone is 2. The van der Waals surface area contributed by atoms with E-state index in [2.05, 4.69) is 35.9 Å². The zero-order chi connectivity index (χ0) is 27.1. The van der Waals surface area contributed by atoms with Crippen LogP contribution in [0.25, 0.3) is 0 Å². The van der Waals surface area contributed by atoms with Gasteiger partial charge in [0.15, 0.2) is 0 Å². The monoisotopic (exact) mass is 526 g/mol. The number of carbonyl (C=O) groups is 2. The lowest BCUT2D eigenvalue weighted by Crippen LogP contribution is -2.31. The Bertz CT molecular complexity index is 1400. The van der Waals surface area contributed by atoms with Crippen molar-refractivity contribution in [3.63, 3.8) is 0 Å². The third-order valence-corrected chi connectivity index (χ3v) is 7.35. The Kier molecular flexibility index (Phi) is 8.72. The number of benzene rings is 2. The Hall–Kier alpha value is -4.22. The molecule has 0 fully saturated rings. The number of nitrogens with zero attached hydrogens (tertiary/aromatic N) is 1. The average molecular weight is 527 g/mol. The maximum Gasteiger partial charge on any atom is 0.254 e. The second kappa shape index (κ2) is 12.3. The molecule has 7 nitrogen and oxygen atoms in total. The molecule has 194 valence electrons. The van der Waals surface area contributed by atoms with Gasteiger partial charge in [0.2, 0.25) is 5.91 Å². The Morgan fingerprint density at radius 3 is 2.11 bits per heavy atom. The number of aryl methyl sites for hydroxylation is 2. The first-order valence-electron chi connectivity index (χ1n) is 12.5. The SMILES string of the molecule is CCc1ccc(NC(=O)CSC2=C(C#N)[C@@H](c3ccco3)C(C(=O)Nc3ccc(CC)cc3)=C(C)N2)cc1. The van der Waals surface area contributed by atoms with E-state index in [1.807, 2.05) is 48.5 Å². The zero-order valence-corrected chi connectivity index (χ0v) is 22.4. The molecule has 0 saturated carbocycles. The van der Waals surface area contributed by atoms with Crippen LogP contribution in [0.1, 0.15) is 43.6 Å². The number of hydrogen-bond donors (Lipinski definition) is 3. The van der Waals surface area contributed by atoms with Crippen molar-refractivity contribution < 1.29 is 14.0 Å². The van der Waals surface area contributed by atoms with Crippen LogP contribution in [-0.4, -0.2) is 17.6 Å². The van der Waals surface area contributed by atoms with Crippen molar-refractivity contribution in [2.24, 2.45) is 0 Å². The summed E-state index contributed by atoms with van der Waals surface area (Å²) < 4.78 is 5.67. The van der Waals surface area contributed by atoms with Crippen molar-refractivity contribution in [3.05, 3.63) is 106 Å². The van der Waals surface area contributed by atoms with Crippen LogP contribution in [0.3, 0.4) is 0 Å². The first kappa shape index (κ1) is 26.8. The van der Waals surface area contributed by atoms with Crippen molar-refractivity contribution in [3.8, 4) is 6.07 Å². The maximum absolute atomic E-state index is 13.5. The standard InChI is InChI=1S/C30H30N4O3S/c1-4-20-8-12-22(13-9-20)33-26(35)18-38-30-24(17-31)28(25-7-6-16-37-25)27(19(3)32-30)29(36)34-23-14-10-21(5-2)11-15-23/h6-16,28,32H,4-5,18H2,1-3H3,(H,33,35)(H,34,36)/t28-/m0/s1. The lowest BCUT2D eigenvalue weighted by Gasteiger charge is -2.28. The van der Waals surface area contributed by atoms with Crippen LogP contribution >= 0.6 is 11.8 Å². The number of furan rings is 1. The van der Waals surface area contributed by atoms with Gasteiger partial charge >= 0.3 is 0 Å². The molecule has 2 amide bonds. The minimum absolute atomic E-state index is 0.0898. The Labute approximate surface area is 227 Å². The topological polar surface area (TPSA) is 107 Å². The summed E-state index contributed by atoms with van der Waals surface area (Å²) in [6, 6.07) is 21.1. The van der Waals surface area contributed by atoms with Crippen molar-refractivity contribution in [2.75, 3.05) is 16.4 Å². The molecular weight excluding hydrogens is 496 g/mol. The maximum atomic E-state index is 13.5. The summed E-state index contributed by atoms with van der Waals surface area (Å²) in [5.74, 6) is -0.662. The fourth-order valence-corrected chi connectivity index (χ4v) is 5.14. The van der Waals surface area contributed by atoms with Gasteiger partial charge in [-0.2, -0.15) is 5.26 Å². The van der Waals surface area contributed by atoms with Gasteiger partial charge in [-0.15, -0.1) is 0 Å². The molecule has 1 aromatic heterocycles. The van der Waals surface area contributed by atoms with Crippen LogP contribution in [0.5, 0.6) is 0 Å². The van der Waals surface area contributed by atoms with Gasteiger partial charge in [0.05, 0.1) is 40.2 Å². The van der Waals surface area contributed by atoms with Crippen LogP contribution in [-0.2, 0) is 22.4 Å². The molecule has 0 radical (unpaired) electrons. The molecule has 3 aromatic rings. The fourth-order valence-electron chi connectivity index (χ4n) is 4.25. The minimum atomic E-state index is -0.710. The Morgan fingerprint density at radius 1 is 0.974 bits per heavy atom. The molecule has 38 heavy (non-hydrogen) atoms. The van der Waals surface area contributed by atoms with E-state index in [4.69, 9.17) is 4.42 Å². The average Bonchev–Trinajstić information content (AvgIpc) is 3.47. The largest absolute Gasteiger partial charge is 0.468 e. The highest BCUT2D eigenvalue weighted by molar-refractivity contribution is 8.03. The van der Waals surface area contributed by atoms with Crippen molar-refractivity contribution in [1.82, 2.24) is 5.32 Å². The first-order chi connectivity index (χ1) is 18.4. The quantitative estimate of drug-likeness (QED) is 0.311. The summed E-state index contributed by atoms with van der Waals surface area (Å²) in [7, 11) is 0. The summed E-state index contributed by atoms with van der Waals surface area (Å²) in [5.41, 5.74) is 5.04. The summed E-state index contributed by atoms with van der Waals surface area (Å²) in [5, 5.41) is 19.7. The molecule has 1 atom stereocenters. The van der Waals surface area contributed by atoms with E-state index in [-0.39, 0.29) is 17.6 Å². The number of nitrogens with one attached hydrogen (secondary N) is 3. The summed E-state index contributed by atoms with van der Waals surface area (Å²) >= 11 is 1.22. The number of rotatable bonds is 9. The lowest BCUT2D eigenvalue weighted by molar-refractivity contribution is -0.114. The molecule has 0 saturated heterocycles. The summed E-state index contributed by atoms with van der Waals surface area (Å²) in [4.78, 5) is 26.1. The molecule has 3 N–H and O–H groups in total. The van der Waals surface area contributed by atoms with Crippen molar-refractivity contribution in [1.29, 1.82) is 5.26 Å². The molecule has 2 heterocycles. The fraction of sp³-hybridized carbons (Fsp3) is 0.233. The van der Waals surface area contributed by atoms with E-state index >= 15 is 0 Å². The third kappa shape index (κ3) is 6.18. The molecule has 0 spiro atoms. The van der Waals surface area contributed by atoms with E-state index in [0.717, 1.165) is 12.8 Å². The van der Waals surface area contributed by atoms with Gasteiger partial charge in [-0.25, -0.2) is 0 Å². The number of thioether (sulfide) groups is 1. The zero-order valence-electron chi connectivity index (χ0n) is 21.6. The summed E-state index contributed by atoms with van der Waals surface area (Å²) in [6.07, 6.45) is 3.35. The highest BCUT2D eigenvalue weighted by Crippen LogP contribution is 2.41. The molecule has 1 aliphatic rings. The van der Waals surface area contributed by atoms with Gasteiger partial charge in [-0.1, -0.05) is 49.9 Å². The molecule has 1 aliphatic heterocycles. The molecule has 2 aromatic carbocycles. The van der Waals surface area contributed by atoms with Gasteiger partial charge in [0.1, 0.15) is 5.76 Å². The molecule has 4 rings (SSSR count). The predicted molar refractivity (Wildman–Crippen MR) is 151 cm³/mol. The second-order valence-electron chi connectivity index (χ2n) is 8.86. The van der Waals surface area contributed by atoms with Crippen molar-refractivity contribution in [2.45, 2.75) is 39.5 Å². The smallest absolute Gasteiger partial charge is 0.254 e. The third-order valence-electron chi connectivity index (χ3n) is 6.33. The highest BCUT2D eigenvalue weighted by atomic mass is 32.2. The molecule has 0 aliphatic carbocycles. The van der Waals surface area contributed by atoms with E-state index < -0.39 is 5.92 Å². The van der Waals surface area contributed by atoms with Gasteiger partial charge in [0, 0.05) is 17.1 Å². The van der Waals surface area contributed by atoms with E-state index in [1.165, 1.54) is 29.2 Å². The lowest BCUT2D eigenvalue weighted by atomic mass is 9.85. The van der Waals surface area contributed by atoms with Gasteiger partial charge in [-0.3, -0.25) is 9.59 Å². The molecule has 0 bridgehead atoms. The number of anilines is 2. The van der Waals surface area contributed by atoms with Gasteiger partial charge in [-0.05, 0) is 67.3 Å². The van der Waals surface area contributed by atoms with E-state index in [9.17, 15) is 14.9 Å². The number of hydrogen-bond acceptors (Lipinski definition) is 6. The van der Waals surface area contributed by atoms with Crippen LogP contribution < -0.4 is 16.0 Å². The number of carbonyl (C=O) groups excluding carboxylic acids is 2. The van der Waals surface area contributed by atoms with Crippen molar-refractivity contribution >= 4 is 35.0 Å². The molecule has 0 unspecified atom stereocenters. The van der Waals surface area contributed by atoms with Gasteiger partial charge < -0.3 is 20.4 Å². The number of nitriles is 1.